The Bertz CT molecular complexity index is 935. The number of allylic oxidation sites excluding steroid dienone is 1. The lowest BCUT2D eigenvalue weighted by Gasteiger charge is -2.22. The van der Waals surface area contributed by atoms with Crippen LogP contribution in [0.3, 0.4) is 0 Å². The van der Waals surface area contributed by atoms with E-state index in [4.69, 9.17) is 5.11 Å². The highest BCUT2D eigenvalue weighted by molar-refractivity contribution is 6.10. The molecule has 0 fully saturated rings. The van der Waals surface area contributed by atoms with Gasteiger partial charge in [0, 0.05) is 5.56 Å². The SMILES string of the molecule is CC1(C)CC(C)(C)c2cc(C(/C=C/c3ccc(C(=O)O)cc3)=N\O)ccc21. The first kappa shape index (κ1) is 18.9. The molecular weight excluding hydrogens is 338 g/mol. The Morgan fingerprint density at radius 2 is 1.56 bits per heavy atom. The van der Waals surface area contributed by atoms with Crippen molar-refractivity contribution in [2.24, 2.45) is 5.16 Å². The van der Waals surface area contributed by atoms with Crippen molar-refractivity contribution in [1.82, 2.24) is 0 Å². The van der Waals surface area contributed by atoms with Crippen molar-refractivity contribution in [3.8, 4) is 0 Å². The van der Waals surface area contributed by atoms with E-state index in [0.29, 0.717) is 5.71 Å². The molecule has 3 rings (SSSR count). The number of carboxylic acids is 1. The van der Waals surface area contributed by atoms with Crippen molar-refractivity contribution < 1.29 is 15.1 Å². The molecule has 0 spiro atoms. The van der Waals surface area contributed by atoms with Gasteiger partial charge in [-0.05, 0) is 58.2 Å². The van der Waals surface area contributed by atoms with Crippen LogP contribution in [0, 0.1) is 0 Å². The molecule has 0 saturated heterocycles. The van der Waals surface area contributed by atoms with E-state index in [9.17, 15) is 10.0 Å². The van der Waals surface area contributed by atoms with Gasteiger partial charge >= 0.3 is 5.97 Å². The van der Waals surface area contributed by atoms with E-state index in [2.05, 4.69) is 45.0 Å². The van der Waals surface area contributed by atoms with Crippen molar-refractivity contribution in [3.05, 3.63) is 76.4 Å². The fourth-order valence-corrected chi connectivity index (χ4v) is 4.25. The van der Waals surface area contributed by atoms with Crippen LogP contribution < -0.4 is 0 Å². The molecule has 4 heteroatoms. The first-order valence-electron chi connectivity index (χ1n) is 9.03. The number of hydrogen-bond acceptors (Lipinski definition) is 3. The molecule has 4 nitrogen and oxygen atoms in total. The Balaban J connectivity index is 1.90. The van der Waals surface area contributed by atoms with Gasteiger partial charge in [-0.15, -0.1) is 0 Å². The summed E-state index contributed by atoms with van der Waals surface area (Å²) in [6.45, 7) is 9.03. The quantitative estimate of drug-likeness (QED) is 0.444. The molecule has 2 N–H and O–H groups in total. The highest BCUT2D eigenvalue weighted by Crippen LogP contribution is 2.49. The maximum Gasteiger partial charge on any atom is 0.335 e. The van der Waals surface area contributed by atoms with Gasteiger partial charge < -0.3 is 10.3 Å². The molecule has 27 heavy (non-hydrogen) atoms. The molecule has 0 radical (unpaired) electrons. The second-order valence-electron chi connectivity index (χ2n) is 8.45. The average Bonchev–Trinajstić information content (AvgIpc) is 2.80. The van der Waals surface area contributed by atoms with E-state index >= 15 is 0 Å². The Morgan fingerprint density at radius 1 is 0.963 bits per heavy atom. The van der Waals surface area contributed by atoms with Gasteiger partial charge in [0.05, 0.1) is 5.56 Å². The van der Waals surface area contributed by atoms with Gasteiger partial charge in [0.1, 0.15) is 5.71 Å². The summed E-state index contributed by atoms with van der Waals surface area (Å²) in [5.74, 6) is -0.952. The summed E-state index contributed by atoms with van der Waals surface area (Å²) in [6.07, 6.45) is 4.63. The third-order valence-corrected chi connectivity index (χ3v) is 5.36. The average molecular weight is 363 g/mol. The standard InChI is InChI=1S/C23H25NO3/c1-22(2)14-23(3,4)19-13-17(10-11-18(19)22)20(24-27)12-7-15-5-8-16(9-6-15)21(25)26/h5-13,27H,14H2,1-4H3,(H,25,26)/b12-7+,24-20-. The topological polar surface area (TPSA) is 69.9 Å². The highest BCUT2D eigenvalue weighted by Gasteiger charge is 2.41. The zero-order valence-electron chi connectivity index (χ0n) is 16.2. The number of carboxylic acid groups (broad SMARTS) is 1. The molecule has 0 saturated carbocycles. The lowest BCUT2D eigenvalue weighted by Crippen LogP contribution is -2.18. The van der Waals surface area contributed by atoms with Crippen molar-refractivity contribution >= 4 is 17.8 Å². The second-order valence-corrected chi connectivity index (χ2v) is 8.45. The third kappa shape index (κ3) is 3.65. The Kier molecular flexibility index (Phi) is 4.68. The summed E-state index contributed by atoms with van der Waals surface area (Å²) >= 11 is 0. The van der Waals surface area contributed by atoms with E-state index in [0.717, 1.165) is 17.5 Å². The van der Waals surface area contributed by atoms with Crippen LogP contribution in [0.1, 0.15) is 66.7 Å². The number of carbonyl (C=O) groups is 1. The van der Waals surface area contributed by atoms with E-state index in [1.54, 1.807) is 30.3 Å². The molecule has 0 aromatic heterocycles. The van der Waals surface area contributed by atoms with Gasteiger partial charge in [-0.1, -0.05) is 63.2 Å². The van der Waals surface area contributed by atoms with Gasteiger partial charge in [-0.3, -0.25) is 0 Å². The fourth-order valence-electron chi connectivity index (χ4n) is 4.25. The first-order chi connectivity index (χ1) is 12.6. The molecular formula is C23H25NO3. The predicted octanol–water partition coefficient (Wildman–Crippen LogP) is 5.24. The van der Waals surface area contributed by atoms with Gasteiger partial charge in [-0.2, -0.15) is 0 Å². The number of oxime groups is 1. The molecule has 0 bridgehead atoms. The minimum atomic E-state index is -0.952. The minimum absolute atomic E-state index is 0.0752. The number of benzene rings is 2. The Morgan fingerprint density at radius 3 is 2.15 bits per heavy atom. The fraction of sp³-hybridized carbons (Fsp3) is 0.304. The summed E-state index contributed by atoms with van der Waals surface area (Å²) in [4.78, 5) is 10.9. The smallest absolute Gasteiger partial charge is 0.335 e. The van der Waals surface area contributed by atoms with Crippen molar-refractivity contribution in [2.45, 2.75) is 44.9 Å². The molecule has 2 aromatic carbocycles. The summed E-state index contributed by atoms with van der Waals surface area (Å²) in [7, 11) is 0. The van der Waals surface area contributed by atoms with E-state index < -0.39 is 5.97 Å². The molecule has 0 heterocycles. The highest BCUT2D eigenvalue weighted by atomic mass is 16.4. The molecule has 2 aromatic rings. The Labute approximate surface area is 159 Å². The summed E-state index contributed by atoms with van der Waals surface area (Å²) in [5, 5.41) is 21.9. The molecule has 140 valence electrons. The van der Waals surface area contributed by atoms with Crippen LogP contribution >= 0.6 is 0 Å². The lowest BCUT2D eigenvalue weighted by atomic mass is 9.82. The zero-order valence-corrected chi connectivity index (χ0v) is 16.2. The molecule has 0 unspecified atom stereocenters. The molecule has 1 aliphatic rings. The van der Waals surface area contributed by atoms with Gasteiger partial charge in [0.25, 0.3) is 0 Å². The number of rotatable bonds is 4. The van der Waals surface area contributed by atoms with Crippen LogP contribution in [-0.4, -0.2) is 22.0 Å². The normalized spacial score (nSPS) is 17.9. The minimum Gasteiger partial charge on any atom is -0.478 e. The van der Waals surface area contributed by atoms with Crippen LogP contribution in [0.5, 0.6) is 0 Å². The molecule has 0 amide bonds. The monoisotopic (exact) mass is 363 g/mol. The zero-order chi connectivity index (χ0) is 19.8. The number of nitrogens with zero attached hydrogens (tertiary/aromatic N) is 1. The van der Waals surface area contributed by atoms with E-state index in [-0.39, 0.29) is 16.4 Å². The number of fused-ring (bicyclic) bond motifs is 1. The molecule has 0 atom stereocenters. The summed E-state index contributed by atoms with van der Waals surface area (Å²) < 4.78 is 0. The van der Waals surface area contributed by atoms with E-state index in [1.165, 1.54) is 11.1 Å². The largest absolute Gasteiger partial charge is 0.478 e. The lowest BCUT2D eigenvalue weighted by molar-refractivity contribution is 0.0697. The Hall–Kier alpha value is -2.88. The predicted molar refractivity (Wildman–Crippen MR) is 108 cm³/mol. The van der Waals surface area contributed by atoms with Crippen LogP contribution in [0.15, 0.2) is 53.7 Å². The third-order valence-electron chi connectivity index (χ3n) is 5.36. The van der Waals surface area contributed by atoms with E-state index in [1.807, 2.05) is 12.1 Å². The second kappa shape index (κ2) is 6.69. The van der Waals surface area contributed by atoms with Crippen LogP contribution in [0.25, 0.3) is 6.08 Å². The van der Waals surface area contributed by atoms with Gasteiger partial charge in [-0.25, -0.2) is 4.79 Å². The maximum absolute atomic E-state index is 10.9. The number of aromatic carboxylic acids is 1. The van der Waals surface area contributed by atoms with Crippen molar-refractivity contribution in [2.75, 3.05) is 0 Å². The van der Waals surface area contributed by atoms with Crippen molar-refractivity contribution in [1.29, 1.82) is 0 Å². The van der Waals surface area contributed by atoms with Gasteiger partial charge in [0.15, 0.2) is 0 Å². The van der Waals surface area contributed by atoms with Crippen LogP contribution in [0.2, 0.25) is 0 Å². The van der Waals surface area contributed by atoms with Crippen molar-refractivity contribution in [3.63, 3.8) is 0 Å². The summed E-state index contributed by atoms with van der Waals surface area (Å²) in [6, 6.07) is 12.8. The summed E-state index contributed by atoms with van der Waals surface area (Å²) in [5.41, 5.74) is 5.27. The van der Waals surface area contributed by atoms with Crippen LogP contribution in [-0.2, 0) is 10.8 Å². The van der Waals surface area contributed by atoms with Gasteiger partial charge in [0.2, 0.25) is 0 Å². The first-order valence-corrected chi connectivity index (χ1v) is 9.03. The molecule has 1 aliphatic carbocycles. The maximum atomic E-state index is 10.9. The molecule has 0 aliphatic heterocycles. The van der Waals surface area contributed by atoms with Crippen LogP contribution in [0.4, 0.5) is 0 Å². The number of hydrogen-bond donors (Lipinski definition) is 2.